The monoisotopic (exact) mass is 366 g/mol. The van der Waals surface area contributed by atoms with E-state index in [-0.39, 0.29) is 17.2 Å². The minimum Gasteiger partial charge on any atom is -0.337 e. The Labute approximate surface area is 161 Å². The predicted molar refractivity (Wildman–Crippen MR) is 106 cm³/mol. The van der Waals surface area contributed by atoms with Gasteiger partial charge >= 0.3 is 0 Å². The van der Waals surface area contributed by atoms with Crippen molar-refractivity contribution in [3.63, 3.8) is 0 Å². The molecular weight excluding hydrogens is 336 g/mol. The molecule has 0 bridgehead atoms. The summed E-state index contributed by atoms with van der Waals surface area (Å²) in [5, 5.41) is 7.67. The molecule has 1 aromatic heterocycles. The number of aromatic nitrogens is 3. The second-order valence-electron chi connectivity index (χ2n) is 8.50. The van der Waals surface area contributed by atoms with Crippen molar-refractivity contribution in [2.24, 2.45) is 5.41 Å². The highest BCUT2D eigenvalue weighted by Crippen LogP contribution is 2.52. The van der Waals surface area contributed by atoms with Crippen molar-refractivity contribution in [3.8, 4) is 0 Å². The number of aromatic amines is 1. The van der Waals surface area contributed by atoms with Crippen LogP contribution in [0.4, 0.5) is 0 Å². The number of likely N-dealkylation sites (tertiary alicyclic amines) is 1. The molecule has 2 fully saturated rings. The summed E-state index contributed by atoms with van der Waals surface area (Å²) in [6, 6.07) is 6.04. The summed E-state index contributed by atoms with van der Waals surface area (Å²) in [6.45, 7) is 7.87. The van der Waals surface area contributed by atoms with Gasteiger partial charge in [-0.25, -0.2) is 4.98 Å². The third-order valence-corrected chi connectivity index (χ3v) is 6.64. The van der Waals surface area contributed by atoms with Gasteiger partial charge in [-0.3, -0.25) is 9.89 Å². The Hall–Kier alpha value is -2.17. The van der Waals surface area contributed by atoms with E-state index in [0.717, 1.165) is 43.1 Å². The van der Waals surface area contributed by atoms with Crippen LogP contribution in [-0.2, 0) is 6.42 Å². The summed E-state index contributed by atoms with van der Waals surface area (Å²) in [7, 11) is 0. The number of amides is 1. The molecule has 1 atom stereocenters. The summed E-state index contributed by atoms with van der Waals surface area (Å²) in [5.74, 6) is 2.28. The highest BCUT2D eigenvalue weighted by atomic mass is 16.2. The summed E-state index contributed by atoms with van der Waals surface area (Å²) in [4.78, 5) is 20.1. The molecule has 5 heteroatoms. The Bertz CT molecular complexity index is 835. The number of aryl methyl sites for hydroxylation is 3. The summed E-state index contributed by atoms with van der Waals surface area (Å²) < 4.78 is 0. The van der Waals surface area contributed by atoms with Crippen molar-refractivity contribution >= 4 is 5.91 Å². The van der Waals surface area contributed by atoms with Crippen LogP contribution in [0.3, 0.4) is 0 Å². The van der Waals surface area contributed by atoms with Gasteiger partial charge in [0.15, 0.2) is 5.82 Å². The van der Waals surface area contributed by atoms with E-state index in [1.165, 1.54) is 36.8 Å². The SMILES string of the molecule is CCCc1nc(C2CN(C(=O)c3ccc(C)c(C)c3)CC23CCCC3)n[nH]1. The highest BCUT2D eigenvalue weighted by molar-refractivity contribution is 5.94. The first-order valence-corrected chi connectivity index (χ1v) is 10.3. The fraction of sp³-hybridized carbons (Fsp3) is 0.591. The Balaban J connectivity index is 1.60. The molecule has 1 aliphatic carbocycles. The molecule has 2 aromatic rings. The first-order valence-electron chi connectivity index (χ1n) is 10.3. The van der Waals surface area contributed by atoms with Crippen molar-refractivity contribution in [2.75, 3.05) is 13.1 Å². The molecule has 1 spiro atoms. The second-order valence-corrected chi connectivity index (χ2v) is 8.50. The first kappa shape index (κ1) is 18.2. The van der Waals surface area contributed by atoms with E-state index in [4.69, 9.17) is 4.98 Å². The molecule has 2 aliphatic rings. The van der Waals surface area contributed by atoms with E-state index >= 15 is 0 Å². The van der Waals surface area contributed by atoms with Crippen molar-refractivity contribution in [1.82, 2.24) is 20.1 Å². The molecule has 1 saturated heterocycles. The van der Waals surface area contributed by atoms with Gasteiger partial charge in [-0.2, -0.15) is 5.10 Å². The van der Waals surface area contributed by atoms with E-state index in [2.05, 4.69) is 35.9 Å². The Morgan fingerprint density at radius 2 is 2.04 bits per heavy atom. The zero-order valence-electron chi connectivity index (χ0n) is 16.7. The smallest absolute Gasteiger partial charge is 0.253 e. The third kappa shape index (κ3) is 3.28. The Morgan fingerprint density at radius 1 is 1.26 bits per heavy atom. The van der Waals surface area contributed by atoms with Gasteiger partial charge in [0, 0.05) is 31.0 Å². The van der Waals surface area contributed by atoms with Gasteiger partial charge in [-0.15, -0.1) is 0 Å². The number of H-pyrrole nitrogens is 1. The predicted octanol–water partition coefficient (Wildman–Crippen LogP) is 4.17. The molecule has 4 rings (SSSR count). The van der Waals surface area contributed by atoms with E-state index in [1.807, 2.05) is 18.2 Å². The van der Waals surface area contributed by atoms with Crippen LogP contribution in [0.15, 0.2) is 18.2 Å². The summed E-state index contributed by atoms with van der Waals surface area (Å²) in [5.41, 5.74) is 3.35. The molecule has 0 radical (unpaired) electrons. The fourth-order valence-corrected chi connectivity index (χ4v) is 4.94. The molecule has 1 amide bonds. The largest absolute Gasteiger partial charge is 0.337 e. The number of carbonyl (C=O) groups is 1. The maximum absolute atomic E-state index is 13.2. The number of nitrogens with zero attached hydrogens (tertiary/aromatic N) is 3. The Kier molecular flexibility index (Phi) is 4.79. The Morgan fingerprint density at radius 3 is 2.74 bits per heavy atom. The average molecular weight is 367 g/mol. The lowest BCUT2D eigenvalue weighted by Gasteiger charge is -2.27. The molecule has 1 N–H and O–H groups in total. The summed E-state index contributed by atoms with van der Waals surface area (Å²) >= 11 is 0. The lowest BCUT2D eigenvalue weighted by atomic mass is 9.76. The first-order chi connectivity index (χ1) is 13.0. The molecule has 1 saturated carbocycles. The van der Waals surface area contributed by atoms with Gasteiger partial charge in [0.05, 0.1) is 0 Å². The number of benzene rings is 1. The molecule has 27 heavy (non-hydrogen) atoms. The van der Waals surface area contributed by atoms with Crippen molar-refractivity contribution < 1.29 is 4.79 Å². The van der Waals surface area contributed by atoms with Crippen LogP contribution in [-0.4, -0.2) is 39.1 Å². The van der Waals surface area contributed by atoms with Gasteiger partial charge < -0.3 is 4.90 Å². The lowest BCUT2D eigenvalue weighted by Crippen LogP contribution is -2.31. The zero-order chi connectivity index (χ0) is 19.0. The molecule has 1 unspecified atom stereocenters. The average Bonchev–Trinajstić information content (AvgIpc) is 3.38. The number of rotatable bonds is 4. The van der Waals surface area contributed by atoms with Crippen LogP contribution < -0.4 is 0 Å². The minimum absolute atomic E-state index is 0.149. The van der Waals surface area contributed by atoms with Crippen LogP contribution in [0.25, 0.3) is 0 Å². The van der Waals surface area contributed by atoms with Crippen LogP contribution in [0.2, 0.25) is 0 Å². The lowest BCUT2D eigenvalue weighted by molar-refractivity contribution is 0.0773. The molecule has 1 aromatic carbocycles. The van der Waals surface area contributed by atoms with Gasteiger partial charge in [-0.1, -0.05) is 25.8 Å². The van der Waals surface area contributed by atoms with Gasteiger partial charge in [-0.05, 0) is 61.8 Å². The van der Waals surface area contributed by atoms with Crippen LogP contribution >= 0.6 is 0 Å². The normalized spacial score (nSPS) is 21.3. The van der Waals surface area contributed by atoms with Crippen molar-refractivity contribution in [1.29, 1.82) is 0 Å². The number of nitrogens with one attached hydrogen (secondary N) is 1. The maximum Gasteiger partial charge on any atom is 0.253 e. The molecule has 144 valence electrons. The molecule has 5 nitrogen and oxygen atoms in total. The highest BCUT2D eigenvalue weighted by Gasteiger charge is 2.51. The maximum atomic E-state index is 13.2. The molecular formula is C22H30N4O. The summed E-state index contributed by atoms with van der Waals surface area (Å²) in [6.07, 6.45) is 6.82. The van der Waals surface area contributed by atoms with Crippen molar-refractivity contribution in [2.45, 2.75) is 65.2 Å². The molecule has 2 heterocycles. The van der Waals surface area contributed by atoms with Crippen molar-refractivity contribution in [3.05, 3.63) is 46.5 Å². The number of hydrogen-bond donors (Lipinski definition) is 1. The van der Waals surface area contributed by atoms with Crippen LogP contribution in [0, 0.1) is 19.3 Å². The second kappa shape index (κ2) is 7.10. The van der Waals surface area contributed by atoms with E-state index < -0.39 is 0 Å². The third-order valence-electron chi connectivity index (χ3n) is 6.64. The van der Waals surface area contributed by atoms with Gasteiger partial charge in [0.1, 0.15) is 5.82 Å². The standard InChI is InChI=1S/C22H30N4O/c1-4-7-19-23-20(25-24-19)18-13-26(14-22(18)10-5-6-11-22)21(27)17-9-8-15(2)16(3)12-17/h8-9,12,18H,4-7,10-11,13-14H2,1-3H3,(H,23,24,25). The van der Waals surface area contributed by atoms with E-state index in [0.29, 0.717) is 0 Å². The van der Waals surface area contributed by atoms with Gasteiger partial charge in [0.25, 0.3) is 5.91 Å². The topological polar surface area (TPSA) is 61.9 Å². The van der Waals surface area contributed by atoms with E-state index in [1.54, 1.807) is 0 Å². The number of carbonyl (C=O) groups excluding carboxylic acids is 1. The quantitative estimate of drug-likeness (QED) is 0.883. The van der Waals surface area contributed by atoms with Gasteiger partial charge in [0.2, 0.25) is 0 Å². The minimum atomic E-state index is 0.149. The fourth-order valence-electron chi connectivity index (χ4n) is 4.94. The van der Waals surface area contributed by atoms with E-state index in [9.17, 15) is 4.79 Å². The van der Waals surface area contributed by atoms with Crippen LogP contribution in [0.1, 0.15) is 78.1 Å². The molecule has 1 aliphatic heterocycles. The number of hydrogen-bond acceptors (Lipinski definition) is 3. The zero-order valence-corrected chi connectivity index (χ0v) is 16.7. The van der Waals surface area contributed by atoms with Crippen LogP contribution in [0.5, 0.6) is 0 Å².